The summed E-state index contributed by atoms with van der Waals surface area (Å²) in [5, 5.41) is 31.1. The summed E-state index contributed by atoms with van der Waals surface area (Å²) in [7, 11) is 4.33. The normalized spacial score (nSPS) is 15.7. The van der Waals surface area contributed by atoms with E-state index in [1.54, 1.807) is 153 Å². The van der Waals surface area contributed by atoms with Crippen molar-refractivity contribution in [2.24, 2.45) is 22.3 Å². The van der Waals surface area contributed by atoms with Crippen LogP contribution in [0.25, 0.3) is 4.85 Å². The van der Waals surface area contributed by atoms with Gasteiger partial charge in [0.05, 0.1) is 106 Å². The summed E-state index contributed by atoms with van der Waals surface area (Å²) in [6.07, 6.45) is 4.91. The summed E-state index contributed by atoms with van der Waals surface area (Å²) >= 11 is 30.0. The van der Waals surface area contributed by atoms with E-state index in [-0.39, 0.29) is 323 Å². The number of amides is 12. The Balaban J connectivity index is -0.00000169. The smallest absolute Gasteiger partial charge is 1.00 e. The van der Waals surface area contributed by atoms with Crippen molar-refractivity contribution in [2.75, 3.05) is 166 Å². The van der Waals surface area contributed by atoms with Crippen molar-refractivity contribution < 1.29 is 325 Å². The number of anilines is 2. The number of amidine groups is 1. The summed E-state index contributed by atoms with van der Waals surface area (Å²) in [4.78, 5) is 214. The van der Waals surface area contributed by atoms with Crippen molar-refractivity contribution in [1.82, 2.24) is 66.3 Å². The van der Waals surface area contributed by atoms with Gasteiger partial charge < -0.3 is 49.4 Å². The van der Waals surface area contributed by atoms with Gasteiger partial charge in [-0.15, -0.1) is 34.3 Å². The number of benzene rings is 5. The van der Waals surface area contributed by atoms with E-state index in [0.29, 0.717) is 217 Å². The van der Waals surface area contributed by atoms with E-state index in [4.69, 9.17) is 83.8 Å². The van der Waals surface area contributed by atoms with Crippen molar-refractivity contribution in [3.05, 3.63) is 214 Å². The molecule has 12 amide bonds. The standard InChI is InChI=1S/C22H21ClN4O4S.C17H13ClN2O3S.C14H15N3O3.C12H14N2O2.C10H8BrNO2.2C5H11N3O.C3H4BrClO.CH3Cl.CH3F.CH6N2.2CH2O3.CH4.4K.2H/c23-19-8-7-18(32-19)17(28)6-5-16-13-25(22(30)31-16)15-3-1-14(2-4-15)21-24-10-12-26-20(29)9-11-27(21)26;1-19-11-2-4-12(5-3-11)20-10-13(23-17(20)22)6-7-14(21)15-8-9-16(18)24-15;1-15-7-6-12(18)17(15)9-8-16-13(19)10-4-2-3-5-11(10)14(16)20;1-13-7-4-8-14-11(15)9-5-2-3-6-10(9)12(14)16;11-5-6-12-9(13)7-3-1-2-4-8(7)10(12)14;2*6-2-4-8-5(9)1-3-7-8;4-2-1-3(5)6;2*1-2;1-3-2;2*2-1-4-3;;;;;;;/h1-4,7-8,16H,5-6,9-13H2;2-5,8-9,13H,6-7,10H2;2-5H,6-9H2,1H3;2-3,5-6,13H,4,7-8H2,1H3;1-4H,5-6H2;2*7H,1-4,6H2;1-2H2;2*1H3;3H,2H2,1H3;2*1,3H;1H4;;;;;;/q;;;;;;;;;;;;;;4*+1;2*-1/p-2/t16-;13-;;;;;;;;;;;;;;;;;;/m00................../s1/i;;;;;;;;;1D;;;;;;;;;;. The SMILES string of the molecule is C.CCl.CN1CCC(=O)N1CCN1C(=O)c2ccccc2C1=O.CNCCCN1C(=O)c2ccccc2C1=O.CNN.NCCN1NCCC1=O.NCCN1NCCC1=O.O=C(CC[C@H]1CN(c2ccc(C3=NCCN4C(=O)CCN34)cc2)C(=O)O1)c1ccc(Cl)s1.O=C(Cl)CCBr.O=C1c2ccccc2C(=O)N1CCBr.O=CO[O-].O=CO[O-].[2H]CF.[C-]#[N+]c1ccc(N2C[C@H](CCC(=O)c3ccc(Cl)s3)OC2=O)cc1.[H-].[H-].[K+].[K+].[K+].[K+]. The van der Waals surface area contributed by atoms with E-state index in [1.807, 2.05) is 48.4 Å². The van der Waals surface area contributed by atoms with Crippen LogP contribution in [0.4, 0.5) is 31.0 Å². The number of nitrogens with one attached hydrogen (secondary N) is 4. The molecule has 10 N–H and O–H groups in total. The van der Waals surface area contributed by atoms with E-state index in [9.17, 15) is 76.3 Å². The number of hydrogen-bond donors (Lipinski definition) is 7. The quantitative estimate of drug-likeness (QED) is 0.00215. The monoisotopic (exact) mass is 2430 g/mol. The van der Waals surface area contributed by atoms with Crippen LogP contribution in [0.3, 0.4) is 0 Å². The molecule has 0 spiro atoms. The molecule has 2 aromatic heterocycles. The Morgan fingerprint density at radius 3 is 1.26 bits per heavy atom. The van der Waals surface area contributed by atoms with Crippen molar-refractivity contribution in [3.8, 4) is 0 Å². The third-order valence-corrected chi connectivity index (χ3v) is 24.6. The zero-order chi connectivity index (χ0) is 108. The molecule has 6 saturated heterocycles. The Kier molecular flexibility index (Phi) is 76.2. The van der Waals surface area contributed by atoms with Crippen LogP contribution in [0.5, 0.6) is 0 Å². The summed E-state index contributed by atoms with van der Waals surface area (Å²) < 4.78 is 27.5. The summed E-state index contributed by atoms with van der Waals surface area (Å²) in [6, 6.07) is 41.8. The zero-order valence-corrected chi connectivity index (χ0v) is 104. The molecule has 10 aliphatic rings. The van der Waals surface area contributed by atoms with Crippen LogP contribution in [0.2, 0.25) is 8.67 Å². The maximum Gasteiger partial charge on any atom is 1.00 e. The molecule has 2 atom stereocenters. The zero-order valence-electron chi connectivity index (χ0n) is 86.3. The van der Waals surface area contributed by atoms with Gasteiger partial charge >= 0.3 is 218 Å². The Bertz CT molecular complexity index is 5510. The first-order valence-corrected chi connectivity index (χ1v) is 50.1. The number of nitrogens with two attached hydrogens (primary N) is 3. The molecule has 5 aromatic carbocycles. The molecule has 0 saturated carbocycles. The topological polar surface area (TPSA) is 552 Å². The van der Waals surface area contributed by atoms with Crippen molar-refractivity contribution >= 4 is 225 Å². The molecule has 796 valence electrons. The van der Waals surface area contributed by atoms with Gasteiger partial charge in [0, 0.05) is 151 Å². The number of ketones is 2. The van der Waals surface area contributed by atoms with E-state index in [0.717, 1.165) is 43.1 Å². The van der Waals surface area contributed by atoms with E-state index >= 15 is 0 Å². The molecule has 0 bridgehead atoms. The number of thiophene rings is 2. The number of imide groups is 3. The first-order chi connectivity index (χ1) is 70.3. The number of fused-ring (bicyclic) bond motifs is 4. The Morgan fingerprint density at radius 1 is 0.567 bits per heavy atom. The van der Waals surface area contributed by atoms with Gasteiger partial charge in [-0.25, -0.2) is 30.3 Å². The fourth-order valence-electron chi connectivity index (χ4n) is 14.4. The molecule has 150 heavy (non-hydrogen) atoms. The molecular weight excluding hydrogens is 2320 g/mol. The molecule has 10 aliphatic heterocycles. The maximum atomic E-state index is 12.4. The number of nitrogens with zero attached hydrogens (tertiary/aromatic N) is 13. The molecule has 56 heteroatoms. The minimum absolute atomic E-state index is 0. The maximum absolute atomic E-state index is 12.4. The number of carbonyl (C=O) groups excluding carboxylic acids is 17. The van der Waals surface area contributed by atoms with Crippen molar-refractivity contribution in [1.29, 1.82) is 0 Å². The van der Waals surface area contributed by atoms with Gasteiger partial charge in [-0.2, -0.15) is 0 Å². The van der Waals surface area contributed by atoms with Crippen molar-refractivity contribution in [2.45, 2.75) is 83.8 Å². The predicted molar refractivity (Wildman–Crippen MR) is 553 cm³/mol. The third kappa shape index (κ3) is 45.8. The van der Waals surface area contributed by atoms with E-state index < -0.39 is 19.3 Å². The van der Waals surface area contributed by atoms with Gasteiger partial charge in [0.1, 0.15) is 18.0 Å². The van der Waals surface area contributed by atoms with Gasteiger partial charge in [0.15, 0.2) is 17.3 Å². The Hall–Kier alpha value is -5.55. The van der Waals surface area contributed by atoms with E-state index in [2.05, 4.69) is 90.5 Å². The number of Topliss-reactive ketones (excluding diaryl/α,β-unsaturated/α-hetero) is 2. The van der Waals surface area contributed by atoms with Crippen LogP contribution in [0.15, 0.2) is 151 Å². The average molecular weight is 2440 g/mol. The van der Waals surface area contributed by atoms with Crippen LogP contribution in [0.1, 0.15) is 163 Å². The summed E-state index contributed by atoms with van der Waals surface area (Å²) in [5.41, 5.74) is 24.3. The molecule has 17 rings (SSSR count). The number of rotatable bonds is 28. The van der Waals surface area contributed by atoms with Crippen molar-refractivity contribution in [3.63, 3.8) is 0 Å². The van der Waals surface area contributed by atoms with Gasteiger partial charge in [0.2, 0.25) is 28.9 Å². The van der Waals surface area contributed by atoms with Gasteiger partial charge in [-0.3, -0.25) is 142 Å². The fraction of sp³-hybridized carbons (Fsp3) is 0.394. The van der Waals surface area contributed by atoms with E-state index in [1.165, 1.54) is 48.7 Å². The number of carbonyl (C=O) groups is 17. The second-order valence-corrected chi connectivity index (χ2v) is 35.7. The first kappa shape index (κ1) is 142. The predicted octanol–water partition coefficient (Wildman–Crippen LogP) is -3.36. The Labute approximate surface area is 1090 Å². The number of aliphatic imine (C=N–C) groups is 1. The minimum Gasteiger partial charge on any atom is -1.00 e. The van der Waals surface area contributed by atoms with Crippen LogP contribution >= 0.6 is 101 Å². The molecule has 0 aliphatic carbocycles. The fourth-order valence-corrected chi connectivity index (χ4v) is 17.5. The number of alkyl halides is 4. The van der Waals surface area contributed by atoms with Crippen LogP contribution < -0.4 is 265 Å². The third-order valence-electron chi connectivity index (χ3n) is 21.1. The molecular formula is C94H117Br2Cl4FK4N20O23S2. The molecule has 0 unspecified atom stereocenters. The number of halogens is 7. The molecule has 43 nitrogen and oxygen atoms in total. The Morgan fingerprint density at radius 2 is 0.947 bits per heavy atom. The van der Waals surface area contributed by atoms with Gasteiger partial charge in [0.25, 0.3) is 48.4 Å². The van der Waals surface area contributed by atoms with Gasteiger partial charge in [-0.05, 0) is 149 Å². The average Bonchev–Trinajstić information content (AvgIpc) is 1.64. The first-order valence-electron chi connectivity index (χ1n) is 45.1. The van der Waals surface area contributed by atoms with Crippen LogP contribution in [-0.2, 0) is 52.8 Å². The number of hydrogen-bond acceptors (Lipinski definition) is 35. The number of ether oxygens (including phenoxy) is 2. The van der Waals surface area contributed by atoms with Gasteiger partial charge in [-0.1, -0.05) is 111 Å². The minimum atomic E-state index is -1.00. The van der Waals surface area contributed by atoms with Crippen LogP contribution in [-0.4, -0.2) is 320 Å². The molecule has 6 fully saturated rings. The summed E-state index contributed by atoms with van der Waals surface area (Å²) in [6.45, 7) is 16.0. The molecule has 0 radical (unpaired) electrons. The second kappa shape index (κ2) is 80.2. The molecule has 7 aromatic rings. The largest absolute Gasteiger partial charge is 1.00 e. The van der Waals surface area contributed by atoms with Crippen LogP contribution in [0, 0.1) is 6.57 Å². The number of cyclic esters (lactones) is 2. The second-order valence-electron chi connectivity index (χ2n) is 30.3. The molecule has 12 heterocycles. The number of hydrazine groups is 5. The summed E-state index contributed by atoms with van der Waals surface area (Å²) in [5.74, 6) is 4.57.